The van der Waals surface area contributed by atoms with Crippen LogP contribution < -0.4 is 0 Å². The van der Waals surface area contributed by atoms with Crippen molar-refractivity contribution >= 4 is 24.1 Å². The van der Waals surface area contributed by atoms with Gasteiger partial charge in [0.05, 0.1) is 13.2 Å². The molecule has 0 heterocycles. The Morgan fingerprint density at radius 1 is 0.704 bits per heavy atom. The molecular formula is C22H22O5. The van der Waals surface area contributed by atoms with Crippen molar-refractivity contribution in [3.05, 3.63) is 83.3 Å². The molecule has 0 spiro atoms. The quantitative estimate of drug-likeness (QED) is 0.398. The first kappa shape index (κ1) is 20.0. The van der Waals surface area contributed by atoms with Gasteiger partial charge in [0.15, 0.2) is 0 Å². The van der Waals surface area contributed by atoms with E-state index in [1.165, 1.54) is 12.2 Å². The molecule has 0 aliphatic heterocycles. The number of ether oxygens (including phenoxy) is 3. The van der Waals surface area contributed by atoms with E-state index in [9.17, 15) is 9.59 Å². The fourth-order valence-corrected chi connectivity index (χ4v) is 2.18. The van der Waals surface area contributed by atoms with E-state index >= 15 is 0 Å². The zero-order valence-electron chi connectivity index (χ0n) is 15.4. The van der Waals surface area contributed by atoms with E-state index in [0.717, 1.165) is 11.1 Å². The fraction of sp³-hybridized carbons (Fsp3) is 0.182. The monoisotopic (exact) mass is 366 g/mol. The zero-order valence-corrected chi connectivity index (χ0v) is 15.4. The van der Waals surface area contributed by atoms with E-state index in [1.54, 1.807) is 13.8 Å². The molecule has 0 saturated heterocycles. The second-order valence-corrected chi connectivity index (χ2v) is 5.38. The lowest BCUT2D eigenvalue weighted by Crippen LogP contribution is -2.16. The molecule has 140 valence electrons. The molecule has 5 nitrogen and oxygen atoms in total. The first-order chi connectivity index (χ1) is 13.1. The van der Waals surface area contributed by atoms with Gasteiger partial charge in [-0.25, -0.2) is 9.59 Å². The summed E-state index contributed by atoms with van der Waals surface area (Å²) in [7, 11) is 0. The highest BCUT2D eigenvalue weighted by atomic mass is 16.6. The normalized spacial score (nSPS) is 11.6. The molecule has 5 heteroatoms. The van der Waals surface area contributed by atoms with Gasteiger partial charge in [0, 0.05) is 0 Å². The third-order valence-electron chi connectivity index (χ3n) is 3.37. The fourth-order valence-electron chi connectivity index (χ4n) is 2.18. The molecule has 0 amide bonds. The van der Waals surface area contributed by atoms with Crippen molar-refractivity contribution in [1.29, 1.82) is 0 Å². The summed E-state index contributed by atoms with van der Waals surface area (Å²) in [5, 5.41) is 0. The summed E-state index contributed by atoms with van der Waals surface area (Å²) in [6, 6.07) is 18.3. The molecule has 27 heavy (non-hydrogen) atoms. The summed E-state index contributed by atoms with van der Waals surface area (Å²) in [5.41, 5.74) is 1.48. The molecule has 0 N–H and O–H groups in total. The van der Waals surface area contributed by atoms with Crippen LogP contribution >= 0.6 is 0 Å². The van der Waals surface area contributed by atoms with Crippen molar-refractivity contribution in [2.75, 3.05) is 13.2 Å². The van der Waals surface area contributed by atoms with Crippen LogP contribution in [0.5, 0.6) is 0 Å². The lowest BCUT2D eigenvalue weighted by Gasteiger charge is -2.12. The number of benzene rings is 2. The lowest BCUT2D eigenvalue weighted by atomic mass is 10.2. The van der Waals surface area contributed by atoms with Crippen molar-refractivity contribution in [3.63, 3.8) is 0 Å². The summed E-state index contributed by atoms with van der Waals surface area (Å²) in [5.74, 6) is -1.52. The molecule has 0 aliphatic rings. The number of hydrogen-bond acceptors (Lipinski definition) is 5. The maximum absolute atomic E-state index is 12.3. The predicted octanol–water partition coefficient (Wildman–Crippen LogP) is 4.21. The Morgan fingerprint density at radius 2 is 1.07 bits per heavy atom. The van der Waals surface area contributed by atoms with Gasteiger partial charge in [0.2, 0.25) is 11.5 Å². The van der Waals surface area contributed by atoms with Crippen molar-refractivity contribution < 1.29 is 23.8 Å². The molecule has 2 aromatic carbocycles. The van der Waals surface area contributed by atoms with Gasteiger partial charge < -0.3 is 14.2 Å². The molecule has 0 atom stereocenters. The van der Waals surface area contributed by atoms with Crippen LogP contribution in [-0.4, -0.2) is 25.2 Å². The number of rotatable bonds is 8. The lowest BCUT2D eigenvalue weighted by molar-refractivity contribution is -0.144. The first-order valence-corrected chi connectivity index (χ1v) is 8.69. The van der Waals surface area contributed by atoms with Gasteiger partial charge in [0.25, 0.3) is 0 Å². The highest BCUT2D eigenvalue weighted by Crippen LogP contribution is 2.17. The Bertz CT molecular complexity index is 738. The summed E-state index contributed by atoms with van der Waals surface area (Å²) in [6.45, 7) is 3.77. The van der Waals surface area contributed by atoms with Gasteiger partial charge in [-0.3, -0.25) is 0 Å². The van der Waals surface area contributed by atoms with Gasteiger partial charge >= 0.3 is 11.9 Å². The maximum Gasteiger partial charge on any atom is 0.374 e. The topological polar surface area (TPSA) is 61.8 Å². The molecule has 2 aromatic rings. The van der Waals surface area contributed by atoms with Crippen LogP contribution in [0.15, 0.2) is 72.2 Å². The minimum Gasteiger partial charge on any atom is -0.460 e. The SMILES string of the molecule is CCOC(=O)/C(=C\c1ccccc1)O/C(=C/c1ccccc1)C(=O)OCC. The minimum absolute atomic E-state index is 0.0988. The number of hydrogen-bond donors (Lipinski definition) is 0. The Hall–Kier alpha value is -3.34. The average molecular weight is 366 g/mol. The van der Waals surface area contributed by atoms with Crippen LogP contribution in [0.3, 0.4) is 0 Å². The maximum atomic E-state index is 12.3. The third kappa shape index (κ3) is 6.47. The van der Waals surface area contributed by atoms with Crippen molar-refractivity contribution in [2.45, 2.75) is 13.8 Å². The smallest absolute Gasteiger partial charge is 0.374 e. The van der Waals surface area contributed by atoms with Crippen molar-refractivity contribution in [1.82, 2.24) is 0 Å². The summed E-state index contributed by atoms with van der Waals surface area (Å²) >= 11 is 0. The van der Waals surface area contributed by atoms with Crippen LogP contribution in [0, 0.1) is 0 Å². The Kier molecular flexibility index (Phi) is 7.85. The highest BCUT2D eigenvalue weighted by Gasteiger charge is 2.20. The predicted molar refractivity (Wildman–Crippen MR) is 103 cm³/mol. The molecule has 0 bridgehead atoms. The largest absolute Gasteiger partial charge is 0.460 e. The van der Waals surface area contributed by atoms with Crippen LogP contribution in [0.4, 0.5) is 0 Å². The van der Waals surface area contributed by atoms with Crippen LogP contribution in [0.25, 0.3) is 12.2 Å². The van der Waals surface area contributed by atoms with Crippen LogP contribution in [0.1, 0.15) is 25.0 Å². The standard InChI is InChI=1S/C22H22O5/c1-3-25-21(23)19(15-17-11-7-5-8-12-17)27-20(22(24)26-4-2)16-18-13-9-6-10-14-18/h5-16H,3-4H2,1-2H3/b19-15+,20-16+. The Morgan fingerprint density at radius 3 is 1.41 bits per heavy atom. The summed E-state index contributed by atoms with van der Waals surface area (Å²) < 4.78 is 15.8. The molecule has 0 saturated carbocycles. The van der Waals surface area contributed by atoms with Crippen LogP contribution in [0.2, 0.25) is 0 Å². The van der Waals surface area contributed by atoms with Gasteiger partial charge in [-0.05, 0) is 37.1 Å². The highest BCUT2D eigenvalue weighted by molar-refractivity contribution is 5.96. The first-order valence-electron chi connectivity index (χ1n) is 8.69. The van der Waals surface area contributed by atoms with E-state index in [-0.39, 0.29) is 24.7 Å². The number of carbonyl (C=O) groups excluding carboxylic acids is 2. The number of carbonyl (C=O) groups is 2. The van der Waals surface area contributed by atoms with Crippen molar-refractivity contribution in [2.24, 2.45) is 0 Å². The second-order valence-electron chi connectivity index (χ2n) is 5.38. The molecule has 2 rings (SSSR count). The van der Waals surface area contributed by atoms with E-state index in [2.05, 4.69) is 0 Å². The molecular weight excluding hydrogens is 344 g/mol. The summed E-state index contributed by atoms with van der Waals surface area (Å²) in [4.78, 5) is 24.6. The second kappa shape index (κ2) is 10.6. The summed E-state index contributed by atoms with van der Waals surface area (Å²) in [6.07, 6.45) is 3.05. The molecule has 0 aromatic heterocycles. The van der Waals surface area contributed by atoms with Crippen molar-refractivity contribution in [3.8, 4) is 0 Å². The van der Waals surface area contributed by atoms with E-state index in [4.69, 9.17) is 14.2 Å². The van der Waals surface area contributed by atoms with Gasteiger partial charge in [-0.1, -0.05) is 60.7 Å². The molecule has 0 aliphatic carbocycles. The average Bonchev–Trinajstić information content (AvgIpc) is 2.69. The van der Waals surface area contributed by atoms with E-state index in [1.807, 2.05) is 60.7 Å². The Labute approximate surface area is 158 Å². The van der Waals surface area contributed by atoms with Gasteiger partial charge in [-0.15, -0.1) is 0 Å². The third-order valence-corrected chi connectivity index (χ3v) is 3.37. The zero-order chi connectivity index (χ0) is 19.5. The van der Waals surface area contributed by atoms with E-state index in [0.29, 0.717) is 0 Å². The number of esters is 2. The Balaban J connectivity index is 2.39. The van der Waals surface area contributed by atoms with Crippen LogP contribution in [-0.2, 0) is 23.8 Å². The van der Waals surface area contributed by atoms with Gasteiger partial charge in [-0.2, -0.15) is 0 Å². The molecule has 0 unspecified atom stereocenters. The minimum atomic E-state index is -0.662. The van der Waals surface area contributed by atoms with E-state index < -0.39 is 11.9 Å². The molecule has 0 fully saturated rings. The molecule has 0 radical (unpaired) electrons. The van der Waals surface area contributed by atoms with Gasteiger partial charge in [0.1, 0.15) is 0 Å².